The van der Waals surface area contributed by atoms with Gasteiger partial charge in [-0.05, 0) is 49.5 Å². The Hall–Kier alpha value is -2.51. The monoisotopic (exact) mass is 468 g/mol. The van der Waals surface area contributed by atoms with Crippen molar-refractivity contribution in [2.24, 2.45) is 28.1 Å². The highest BCUT2D eigenvalue weighted by atomic mass is 16.5. The Morgan fingerprint density at radius 1 is 1.29 bits per heavy atom. The number of ether oxygens (including phenoxy) is 2. The van der Waals surface area contributed by atoms with Crippen LogP contribution in [0.15, 0.2) is 46.3 Å². The lowest BCUT2D eigenvalue weighted by atomic mass is 9.41. The van der Waals surface area contributed by atoms with Crippen LogP contribution in [-0.2, 0) is 23.9 Å². The summed E-state index contributed by atoms with van der Waals surface area (Å²) in [5, 5.41) is 11.8. The average molecular weight is 469 g/mol. The van der Waals surface area contributed by atoms with Crippen LogP contribution in [0.25, 0.3) is 0 Å². The van der Waals surface area contributed by atoms with Gasteiger partial charge < -0.3 is 23.8 Å². The zero-order valence-electron chi connectivity index (χ0n) is 20.2. The quantitative estimate of drug-likeness (QED) is 0.410. The highest BCUT2D eigenvalue weighted by molar-refractivity contribution is 5.98. The molecule has 0 aromatic carbocycles. The number of fused-ring (bicyclic) bond motifs is 4. The van der Waals surface area contributed by atoms with Gasteiger partial charge in [0.1, 0.15) is 6.29 Å². The molecule has 2 unspecified atom stereocenters. The summed E-state index contributed by atoms with van der Waals surface area (Å²) in [4.78, 5) is 38.6. The van der Waals surface area contributed by atoms with Crippen molar-refractivity contribution < 1.29 is 33.4 Å². The van der Waals surface area contributed by atoms with E-state index in [1.165, 1.54) is 13.2 Å². The maximum atomic E-state index is 13.6. The van der Waals surface area contributed by atoms with Crippen LogP contribution in [0.1, 0.15) is 52.0 Å². The van der Waals surface area contributed by atoms with Gasteiger partial charge in [-0.15, -0.1) is 0 Å². The number of rotatable bonds is 4. The van der Waals surface area contributed by atoms with Gasteiger partial charge in [0.15, 0.2) is 5.78 Å². The lowest BCUT2D eigenvalue weighted by Crippen LogP contribution is -2.68. The van der Waals surface area contributed by atoms with Crippen molar-refractivity contribution in [3.63, 3.8) is 0 Å². The zero-order chi connectivity index (χ0) is 24.6. The predicted molar refractivity (Wildman–Crippen MR) is 122 cm³/mol. The van der Waals surface area contributed by atoms with E-state index in [4.69, 9.17) is 13.9 Å². The number of carbonyl (C=O) groups is 3. The second-order valence-corrected chi connectivity index (χ2v) is 11.0. The Labute approximate surface area is 199 Å². The Bertz CT molecular complexity index is 1100. The molecule has 1 N–H and O–H groups in total. The van der Waals surface area contributed by atoms with Crippen LogP contribution in [0.2, 0.25) is 0 Å². The molecular weight excluding hydrogens is 436 g/mol. The first-order valence-electron chi connectivity index (χ1n) is 11.9. The Kier molecular flexibility index (Phi) is 5.12. The predicted octanol–water partition coefficient (Wildman–Crippen LogP) is 3.38. The number of aliphatic hydroxyl groups is 1. The molecule has 0 radical (unpaired) electrons. The largest absolute Gasteiger partial charge is 0.472 e. The normalized spacial score (nSPS) is 45.1. The summed E-state index contributed by atoms with van der Waals surface area (Å²) in [6.45, 7) is 7.62. The molecule has 1 aromatic heterocycles. The first-order chi connectivity index (χ1) is 16.0. The number of aldehydes is 1. The Balaban J connectivity index is 1.73. The fraction of sp³-hybridized carbons (Fsp3) is 0.593. The summed E-state index contributed by atoms with van der Waals surface area (Å²) in [6.07, 6.45) is 5.94. The average Bonchev–Trinajstić information content (AvgIpc) is 3.51. The van der Waals surface area contributed by atoms with Gasteiger partial charge in [0.05, 0.1) is 44.4 Å². The fourth-order valence-electron chi connectivity index (χ4n) is 8.03. The van der Waals surface area contributed by atoms with Gasteiger partial charge in [-0.1, -0.05) is 25.5 Å². The van der Waals surface area contributed by atoms with Crippen LogP contribution >= 0.6 is 0 Å². The molecule has 1 aliphatic heterocycles. The molecule has 7 heteroatoms. The van der Waals surface area contributed by atoms with Crippen LogP contribution in [0, 0.1) is 28.1 Å². The van der Waals surface area contributed by atoms with Gasteiger partial charge in [-0.2, -0.15) is 0 Å². The van der Waals surface area contributed by atoms with E-state index in [2.05, 4.69) is 6.92 Å². The second kappa shape index (κ2) is 7.49. The molecule has 0 amide bonds. The highest BCUT2D eigenvalue weighted by Gasteiger charge is 2.73. The second-order valence-electron chi connectivity index (χ2n) is 11.0. The molecule has 0 spiro atoms. The number of carbonyl (C=O) groups excluding carboxylic acids is 3. The van der Waals surface area contributed by atoms with Crippen LogP contribution < -0.4 is 0 Å². The van der Waals surface area contributed by atoms with Gasteiger partial charge in [0.25, 0.3) is 0 Å². The number of ketones is 1. The zero-order valence-corrected chi connectivity index (χ0v) is 20.2. The molecule has 3 aliphatic carbocycles. The minimum atomic E-state index is -1.16. The molecule has 5 rings (SSSR count). The van der Waals surface area contributed by atoms with Crippen molar-refractivity contribution in [2.45, 2.75) is 64.8 Å². The molecule has 1 saturated carbocycles. The number of hydrogen-bond acceptors (Lipinski definition) is 7. The summed E-state index contributed by atoms with van der Waals surface area (Å²) in [5.74, 6) is -1.77. The van der Waals surface area contributed by atoms with E-state index in [9.17, 15) is 19.5 Å². The van der Waals surface area contributed by atoms with Crippen LogP contribution in [0.3, 0.4) is 0 Å². The number of aliphatic hydroxyl groups excluding tert-OH is 1. The molecule has 2 heterocycles. The summed E-state index contributed by atoms with van der Waals surface area (Å²) in [5.41, 5.74) is 0.197. The van der Waals surface area contributed by atoms with Crippen molar-refractivity contribution in [2.75, 3.05) is 7.11 Å². The topological polar surface area (TPSA) is 103 Å². The van der Waals surface area contributed by atoms with Crippen molar-refractivity contribution in [1.29, 1.82) is 0 Å². The summed E-state index contributed by atoms with van der Waals surface area (Å²) < 4.78 is 17.0. The summed E-state index contributed by atoms with van der Waals surface area (Å²) in [6, 6.07) is 1.94. The van der Waals surface area contributed by atoms with Gasteiger partial charge in [0.2, 0.25) is 0 Å². The van der Waals surface area contributed by atoms with Gasteiger partial charge in [-0.25, -0.2) is 0 Å². The summed E-state index contributed by atoms with van der Waals surface area (Å²) >= 11 is 0. The molecule has 9 atom stereocenters. The number of esters is 1. The number of furan rings is 1. The van der Waals surface area contributed by atoms with E-state index in [1.807, 2.05) is 13.0 Å². The van der Waals surface area contributed by atoms with E-state index in [0.29, 0.717) is 6.42 Å². The third-order valence-electron chi connectivity index (χ3n) is 9.54. The SMILES string of the molecule is COC(=O)C[C@H]1[C@]2(C)C3=C(C)[C@H](c4ccoc4)CC3O[C@@H]2[C@H](O)C2[C@](C)(C=O)C=CC(=O)[C@@]21C. The maximum absolute atomic E-state index is 13.6. The molecule has 182 valence electrons. The standard InChI is InChI=1S/C27H32O7/c1-14-16(15-7-9-33-12-15)10-17-21(14)27(4)18(11-20(30)32-5)26(3)19(29)6-8-25(2,13-28)23(26)22(31)24(27)34-17/h6-9,12-13,16-18,22-24,31H,10-11H2,1-5H3/t16-,17?,18-,22-,23?,24-,25+,26+,27-/m1/s1. The molecule has 0 bridgehead atoms. The molecule has 34 heavy (non-hydrogen) atoms. The molecule has 1 aromatic rings. The Morgan fingerprint density at radius 2 is 2.03 bits per heavy atom. The molecule has 1 saturated heterocycles. The van der Waals surface area contributed by atoms with Gasteiger partial charge in [0, 0.05) is 28.1 Å². The van der Waals surface area contributed by atoms with Gasteiger partial charge in [-0.3, -0.25) is 9.59 Å². The number of allylic oxidation sites excluding steroid dienone is 3. The van der Waals surface area contributed by atoms with Crippen molar-refractivity contribution in [3.8, 4) is 0 Å². The number of hydrogen-bond donors (Lipinski definition) is 1. The van der Waals surface area contributed by atoms with Crippen molar-refractivity contribution >= 4 is 18.0 Å². The van der Waals surface area contributed by atoms with E-state index >= 15 is 0 Å². The van der Waals surface area contributed by atoms with E-state index in [-0.39, 0.29) is 24.2 Å². The molecule has 7 nitrogen and oxygen atoms in total. The van der Waals surface area contributed by atoms with Gasteiger partial charge >= 0.3 is 5.97 Å². The molecule has 4 aliphatic rings. The first-order valence-corrected chi connectivity index (χ1v) is 11.9. The fourth-order valence-corrected chi connectivity index (χ4v) is 8.03. The van der Waals surface area contributed by atoms with E-state index < -0.39 is 46.3 Å². The molecule has 2 fully saturated rings. The minimum Gasteiger partial charge on any atom is -0.472 e. The van der Waals surface area contributed by atoms with E-state index in [1.54, 1.807) is 32.4 Å². The molecular formula is C27H32O7. The third kappa shape index (κ3) is 2.74. The first kappa shape index (κ1) is 23.2. The van der Waals surface area contributed by atoms with Crippen LogP contribution in [0.5, 0.6) is 0 Å². The lowest BCUT2D eigenvalue weighted by Gasteiger charge is -2.61. The smallest absolute Gasteiger partial charge is 0.305 e. The Morgan fingerprint density at radius 3 is 2.65 bits per heavy atom. The van der Waals surface area contributed by atoms with Crippen LogP contribution in [0.4, 0.5) is 0 Å². The lowest BCUT2D eigenvalue weighted by molar-refractivity contribution is -0.209. The van der Waals surface area contributed by atoms with Crippen molar-refractivity contribution in [1.82, 2.24) is 0 Å². The highest BCUT2D eigenvalue weighted by Crippen LogP contribution is 2.69. The summed E-state index contributed by atoms with van der Waals surface area (Å²) in [7, 11) is 1.33. The van der Waals surface area contributed by atoms with Crippen LogP contribution in [-0.4, -0.2) is 48.6 Å². The van der Waals surface area contributed by atoms with Crippen molar-refractivity contribution in [3.05, 3.63) is 47.5 Å². The maximum Gasteiger partial charge on any atom is 0.305 e. The third-order valence-corrected chi connectivity index (χ3v) is 9.54. The minimum absolute atomic E-state index is 0.0129. The number of methoxy groups -OCH3 is 1. The van der Waals surface area contributed by atoms with E-state index in [0.717, 1.165) is 23.0 Å².